The minimum atomic E-state index is 0.00355. The van der Waals surface area contributed by atoms with Crippen LogP contribution in [0.5, 0.6) is 5.75 Å². The minimum Gasteiger partial charge on any atom is -0.497 e. The zero-order chi connectivity index (χ0) is 20.2. The number of nitrogens with one attached hydrogen (secondary N) is 1. The zero-order valence-corrected chi connectivity index (χ0v) is 16.8. The number of carbonyl (C=O) groups excluding carboxylic acids is 1. The number of ether oxygens (including phenoxy) is 1. The summed E-state index contributed by atoms with van der Waals surface area (Å²) in [5.74, 6) is 0.781. The van der Waals surface area contributed by atoms with Crippen LogP contribution in [0.2, 0.25) is 0 Å². The van der Waals surface area contributed by atoms with Crippen molar-refractivity contribution in [2.24, 2.45) is 0 Å². The number of aromatic nitrogens is 2. The van der Waals surface area contributed by atoms with E-state index in [-0.39, 0.29) is 11.9 Å². The second-order valence-electron chi connectivity index (χ2n) is 7.37. The lowest BCUT2D eigenvalue weighted by Gasteiger charge is -2.23. The molecule has 1 unspecified atom stereocenters. The summed E-state index contributed by atoms with van der Waals surface area (Å²) in [6.45, 7) is 2.39. The molecule has 1 aliphatic heterocycles. The molecule has 2 aromatic carbocycles. The summed E-state index contributed by atoms with van der Waals surface area (Å²) in [6, 6.07) is 18.0. The van der Waals surface area contributed by atoms with Crippen molar-refractivity contribution < 1.29 is 9.53 Å². The Kier molecular flexibility index (Phi) is 5.62. The number of benzene rings is 2. The van der Waals surface area contributed by atoms with Crippen LogP contribution in [0.1, 0.15) is 22.3 Å². The fraction of sp³-hybridized carbons (Fsp3) is 0.304. The van der Waals surface area contributed by atoms with E-state index in [2.05, 4.69) is 17.4 Å². The standard InChI is InChI=1S/C23H26N4O2/c1-26(19-12-13-24-14-19)23(28)21-16-27(15-17-6-4-3-5-7-17)25-22(21)18-8-10-20(29-2)11-9-18/h3-11,16,19,24H,12-15H2,1-2H3. The zero-order valence-electron chi connectivity index (χ0n) is 16.8. The van der Waals surface area contributed by atoms with Gasteiger partial charge < -0.3 is 15.0 Å². The molecule has 6 heteroatoms. The molecule has 2 heterocycles. The quantitative estimate of drug-likeness (QED) is 0.703. The van der Waals surface area contributed by atoms with Crippen molar-refractivity contribution in [1.29, 1.82) is 0 Å². The topological polar surface area (TPSA) is 59.4 Å². The number of nitrogens with zero attached hydrogens (tertiary/aromatic N) is 3. The van der Waals surface area contributed by atoms with Crippen molar-refractivity contribution in [1.82, 2.24) is 20.0 Å². The largest absolute Gasteiger partial charge is 0.497 e. The van der Waals surface area contributed by atoms with E-state index >= 15 is 0 Å². The number of hydrogen-bond donors (Lipinski definition) is 1. The highest BCUT2D eigenvalue weighted by Gasteiger charge is 2.27. The SMILES string of the molecule is COc1ccc(-c2nn(Cc3ccccc3)cc2C(=O)N(C)C2CCNC2)cc1. The van der Waals surface area contributed by atoms with Gasteiger partial charge in [-0.2, -0.15) is 5.10 Å². The number of likely N-dealkylation sites (N-methyl/N-ethyl adjacent to an activating group) is 1. The summed E-state index contributed by atoms with van der Waals surface area (Å²) >= 11 is 0. The van der Waals surface area contributed by atoms with E-state index in [4.69, 9.17) is 9.84 Å². The number of amides is 1. The predicted molar refractivity (Wildman–Crippen MR) is 113 cm³/mol. The lowest BCUT2D eigenvalue weighted by Crippen LogP contribution is -2.38. The number of carbonyl (C=O) groups is 1. The summed E-state index contributed by atoms with van der Waals surface area (Å²) in [6.07, 6.45) is 2.84. The Balaban J connectivity index is 1.69. The van der Waals surface area contributed by atoms with Crippen molar-refractivity contribution in [2.45, 2.75) is 19.0 Å². The average molecular weight is 390 g/mol. The summed E-state index contributed by atoms with van der Waals surface area (Å²) in [4.78, 5) is 15.2. The van der Waals surface area contributed by atoms with Crippen molar-refractivity contribution in [3.05, 3.63) is 71.9 Å². The molecule has 150 valence electrons. The Bertz CT molecular complexity index is 960. The minimum absolute atomic E-state index is 0.00355. The lowest BCUT2D eigenvalue weighted by atomic mass is 10.1. The molecule has 0 spiro atoms. The second-order valence-corrected chi connectivity index (χ2v) is 7.37. The van der Waals surface area contributed by atoms with E-state index in [0.29, 0.717) is 17.8 Å². The van der Waals surface area contributed by atoms with Crippen molar-refractivity contribution in [3.8, 4) is 17.0 Å². The van der Waals surface area contributed by atoms with Crippen LogP contribution in [0.3, 0.4) is 0 Å². The molecule has 0 radical (unpaired) electrons. The Morgan fingerprint density at radius 3 is 2.62 bits per heavy atom. The maximum Gasteiger partial charge on any atom is 0.257 e. The molecule has 1 aliphatic rings. The highest BCUT2D eigenvalue weighted by Crippen LogP contribution is 2.26. The van der Waals surface area contributed by atoms with Gasteiger partial charge >= 0.3 is 0 Å². The smallest absolute Gasteiger partial charge is 0.257 e. The molecular formula is C23H26N4O2. The number of hydrogen-bond acceptors (Lipinski definition) is 4. The van der Waals surface area contributed by atoms with Crippen LogP contribution < -0.4 is 10.1 Å². The maximum atomic E-state index is 13.3. The van der Waals surface area contributed by atoms with E-state index < -0.39 is 0 Å². The second kappa shape index (κ2) is 8.49. The Labute approximate surface area is 171 Å². The van der Waals surface area contributed by atoms with Crippen LogP contribution in [0.4, 0.5) is 0 Å². The molecule has 0 aliphatic carbocycles. The van der Waals surface area contributed by atoms with Crippen LogP contribution in [-0.2, 0) is 6.54 Å². The molecule has 29 heavy (non-hydrogen) atoms. The van der Waals surface area contributed by atoms with Gasteiger partial charge in [-0.15, -0.1) is 0 Å². The van der Waals surface area contributed by atoms with Gasteiger partial charge in [-0.25, -0.2) is 0 Å². The van der Waals surface area contributed by atoms with Gasteiger partial charge in [-0.3, -0.25) is 9.48 Å². The van der Waals surface area contributed by atoms with Crippen LogP contribution in [0.25, 0.3) is 11.3 Å². The van der Waals surface area contributed by atoms with Crippen LogP contribution in [0.15, 0.2) is 60.8 Å². The van der Waals surface area contributed by atoms with Gasteiger partial charge in [0.1, 0.15) is 11.4 Å². The van der Waals surface area contributed by atoms with Gasteiger partial charge in [0.05, 0.1) is 19.2 Å². The Morgan fingerprint density at radius 1 is 1.21 bits per heavy atom. The normalized spacial score (nSPS) is 16.0. The average Bonchev–Trinajstić information content (AvgIpc) is 3.44. The summed E-state index contributed by atoms with van der Waals surface area (Å²) < 4.78 is 7.12. The maximum absolute atomic E-state index is 13.3. The molecule has 0 saturated carbocycles. The Hall–Kier alpha value is -3.12. The monoisotopic (exact) mass is 390 g/mol. The molecule has 1 aromatic heterocycles. The summed E-state index contributed by atoms with van der Waals surface area (Å²) in [5.41, 5.74) is 3.37. The van der Waals surface area contributed by atoms with Crippen molar-refractivity contribution >= 4 is 5.91 Å². The predicted octanol–water partition coefficient (Wildman–Crippen LogP) is 3.04. The Morgan fingerprint density at radius 2 is 1.97 bits per heavy atom. The van der Waals surface area contributed by atoms with Gasteiger partial charge in [-0.05, 0) is 42.8 Å². The van der Waals surface area contributed by atoms with Crippen molar-refractivity contribution in [3.63, 3.8) is 0 Å². The van der Waals surface area contributed by atoms with E-state index in [1.807, 2.05) is 65.3 Å². The lowest BCUT2D eigenvalue weighted by molar-refractivity contribution is 0.0744. The first kappa shape index (κ1) is 19.2. The molecule has 0 bridgehead atoms. The molecular weight excluding hydrogens is 364 g/mol. The molecule has 4 rings (SSSR count). The molecule has 3 aromatic rings. The molecule has 1 N–H and O–H groups in total. The highest BCUT2D eigenvalue weighted by molar-refractivity contribution is 5.99. The van der Waals surface area contributed by atoms with Gasteiger partial charge in [0, 0.05) is 31.4 Å². The fourth-order valence-corrected chi connectivity index (χ4v) is 3.72. The number of rotatable bonds is 6. The van der Waals surface area contributed by atoms with Gasteiger partial charge in [-0.1, -0.05) is 30.3 Å². The molecule has 1 amide bonds. The summed E-state index contributed by atoms with van der Waals surface area (Å²) in [5, 5.41) is 8.10. The molecule has 1 atom stereocenters. The third-order valence-corrected chi connectivity index (χ3v) is 5.45. The van der Waals surface area contributed by atoms with Gasteiger partial charge in [0.2, 0.25) is 0 Å². The third kappa shape index (κ3) is 4.17. The van der Waals surface area contributed by atoms with E-state index in [1.165, 1.54) is 0 Å². The van der Waals surface area contributed by atoms with Crippen LogP contribution >= 0.6 is 0 Å². The van der Waals surface area contributed by atoms with E-state index in [0.717, 1.165) is 36.4 Å². The van der Waals surface area contributed by atoms with Gasteiger partial charge in [0.15, 0.2) is 0 Å². The fourth-order valence-electron chi connectivity index (χ4n) is 3.72. The van der Waals surface area contributed by atoms with E-state index in [1.54, 1.807) is 7.11 Å². The third-order valence-electron chi connectivity index (χ3n) is 5.45. The molecule has 1 saturated heterocycles. The molecule has 6 nitrogen and oxygen atoms in total. The summed E-state index contributed by atoms with van der Waals surface area (Å²) in [7, 11) is 3.52. The van der Waals surface area contributed by atoms with Gasteiger partial charge in [0.25, 0.3) is 5.91 Å². The molecule has 1 fully saturated rings. The van der Waals surface area contributed by atoms with Crippen LogP contribution in [0, 0.1) is 0 Å². The first-order valence-corrected chi connectivity index (χ1v) is 9.89. The first-order chi connectivity index (χ1) is 14.2. The van der Waals surface area contributed by atoms with Crippen LogP contribution in [-0.4, -0.2) is 53.9 Å². The first-order valence-electron chi connectivity index (χ1n) is 9.89. The highest BCUT2D eigenvalue weighted by atomic mass is 16.5. The number of methoxy groups -OCH3 is 1. The van der Waals surface area contributed by atoms with E-state index in [9.17, 15) is 4.79 Å². The van der Waals surface area contributed by atoms with Crippen molar-refractivity contribution in [2.75, 3.05) is 27.2 Å².